The molecular formula is C23H21FN4O. The Morgan fingerprint density at radius 3 is 2.66 bits per heavy atom. The summed E-state index contributed by atoms with van der Waals surface area (Å²) in [6.45, 7) is 1.95. The summed E-state index contributed by atoms with van der Waals surface area (Å²) in [6, 6.07) is 12.5. The molecule has 1 N–H and O–H groups in total. The molecule has 4 rings (SSSR count). The number of benzene rings is 2. The number of nitrogens with one attached hydrogen (secondary N) is 1. The van der Waals surface area contributed by atoms with Crippen LogP contribution in [0.4, 0.5) is 4.39 Å². The molecule has 29 heavy (non-hydrogen) atoms. The van der Waals surface area contributed by atoms with E-state index in [4.69, 9.17) is 4.74 Å². The van der Waals surface area contributed by atoms with Gasteiger partial charge < -0.3 is 14.3 Å². The standard InChI is InChI=1S/C23H21FN4O/c1-16-14-28(15-26-16)21-9-5-18(12-22(21)29-2)6-10-23-25-13-20(27-23)11-17-3-7-19(24)8-4-17/h3-10,12-15H,11H2,1-2H3,(H,25,27). The molecule has 0 spiro atoms. The van der Waals surface area contributed by atoms with E-state index in [1.54, 1.807) is 31.8 Å². The van der Waals surface area contributed by atoms with Crippen molar-refractivity contribution in [2.75, 3.05) is 7.11 Å². The van der Waals surface area contributed by atoms with E-state index in [0.717, 1.165) is 39.8 Å². The Morgan fingerprint density at radius 1 is 1.10 bits per heavy atom. The summed E-state index contributed by atoms with van der Waals surface area (Å²) >= 11 is 0. The van der Waals surface area contributed by atoms with Gasteiger partial charge in [0.15, 0.2) is 0 Å². The van der Waals surface area contributed by atoms with E-state index in [2.05, 4.69) is 15.0 Å². The van der Waals surface area contributed by atoms with E-state index < -0.39 is 0 Å². The maximum absolute atomic E-state index is 13.0. The number of rotatable bonds is 6. The van der Waals surface area contributed by atoms with Crippen LogP contribution in [0.25, 0.3) is 17.8 Å². The van der Waals surface area contributed by atoms with E-state index in [-0.39, 0.29) is 5.82 Å². The van der Waals surface area contributed by atoms with Crippen LogP contribution < -0.4 is 4.74 Å². The minimum absolute atomic E-state index is 0.230. The van der Waals surface area contributed by atoms with Gasteiger partial charge in [0.05, 0.1) is 24.8 Å². The van der Waals surface area contributed by atoms with Crippen LogP contribution in [0.3, 0.4) is 0 Å². The summed E-state index contributed by atoms with van der Waals surface area (Å²) in [5.41, 5.74) is 4.88. The van der Waals surface area contributed by atoms with E-state index in [0.29, 0.717) is 6.42 Å². The van der Waals surface area contributed by atoms with E-state index in [1.165, 1.54) is 12.1 Å². The molecule has 2 aromatic heterocycles. The summed E-state index contributed by atoms with van der Waals surface area (Å²) < 4.78 is 20.5. The lowest BCUT2D eigenvalue weighted by molar-refractivity contribution is 0.413. The van der Waals surface area contributed by atoms with E-state index in [9.17, 15) is 4.39 Å². The average Bonchev–Trinajstić information content (AvgIpc) is 3.36. The first kappa shape index (κ1) is 18.7. The molecule has 6 heteroatoms. The summed E-state index contributed by atoms with van der Waals surface area (Å²) in [6.07, 6.45) is 10.1. The number of H-pyrrole nitrogens is 1. The Morgan fingerprint density at radius 2 is 1.93 bits per heavy atom. The number of imidazole rings is 2. The zero-order valence-electron chi connectivity index (χ0n) is 16.3. The maximum atomic E-state index is 13.0. The molecule has 0 aliphatic rings. The van der Waals surface area contributed by atoms with Gasteiger partial charge in [-0.05, 0) is 48.4 Å². The maximum Gasteiger partial charge on any atom is 0.143 e. The lowest BCUT2D eigenvalue weighted by Crippen LogP contribution is -1.95. The Balaban J connectivity index is 1.49. The first-order valence-electron chi connectivity index (χ1n) is 9.26. The number of aromatic nitrogens is 4. The molecule has 0 amide bonds. The molecule has 4 aromatic rings. The third-order valence-corrected chi connectivity index (χ3v) is 4.58. The predicted octanol–water partition coefficient (Wildman–Crippen LogP) is 4.81. The molecule has 0 radical (unpaired) electrons. The van der Waals surface area contributed by atoms with Crippen LogP contribution in [0.2, 0.25) is 0 Å². The topological polar surface area (TPSA) is 55.7 Å². The number of nitrogens with zero attached hydrogens (tertiary/aromatic N) is 3. The third kappa shape index (κ3) is 4.43. The molecular weight excluding hydrogens is 367 g/mol. The molecule has 2 heterocycles. The van der Waals surface area contributed by atoms with Crippen LogP contribution in [0, 0.1) is 12.7 Å². The minimum Gasteiger partial charge on any atom is -0.495 e. The largest absolute Gasteiger partial charge is 0.495 e. The first-order valence-corrected chi connectivity index (χ1v) is 9.26. The van der Waals surface area contributed by atoms with Gasteiger partial charge in [0, 0.05) is 24.5 Å². The van der Waals surface area contributed by atoms with Gasteiger partial charge in [0.1, 0.15) is 17.4 Å². The van der Waals surface area contributed by atoms with Gasteiger partial charge in [-0.2, -0.15) is 0 Å². The Bertz CT molecular complexity index is 1140. The highest BCUT2D eigenvalue weighted by atomic mass is 19.1. The number of hydrogen-bond donors (Lipinski definition) is 1. The summed E-state index contributed by atoms with van der Waals surface area (Å²) in [4.78, 5) is 11.9. The van der Waals surface area contributed by atoms with Crippen molar-refractivity contribution in [2.45, 2.75) is 13.3 Å². The lowest BCUT2D eigenvalue weighted by atomic mass is 10.1. The second-order valence-electron chi connectivity index (χ2n) is 6.78. The quantitative estimate of drug-likeness (QED) is 0.516. The van der Waals surface area contributed by atoms with E-state index >= 15 is 0 Å². The fourth-order valence-corrected chi connectivity index (χ4v) is 3.11. The predicted molar refractivity (Wildman–Crippen MR) is 112 cm³/mol. The Labute approximate surface area is 168 Å². The van der Waals surface area contributed by atoms with Gasteiger partial charge >= 0.3 is 0 Å². The first-order chi connectivity index (χ1) is 14.1. The SMILES string of the molecule is COc1cc(C=Cc2ncc(Cc3ccc(F)cc3)[nH]2)ccc1-n1cnc(C)c1. The summed E-state index contributed by atoms with van der Waals surface area (Å²) in [7, 11) is 1.66. The zero-order valence-corrected chi connectivity index (χ0v) is 16.3. The summed E-state index contributed by atoms with van der Waals surface area (Å²) in [5, 5.41) is 0. The molecule has 2 aromatic carbocycles. The highest BCUT2D eigenvalue weighted by molar-refractivity contribution is 5.69. The second kappa shape index (κ2) is 8.14. The molecule has 146 valence electrons. The van der Waals surface area contributed by atoms with Crippen LogP contribution in [0.5, 0.6) is 5.75 Å². The number of aromatic amines is 1. The van der Waals surface area contributed by atoms with Gasteiger partial charge in [0.25, 0.3) is 0 Å². The molecule has 0 bridgehead atoms. The normalized spacial score (nSPS) is 11.3. The molecule has 0 aliphatic heterocycles. The van der Waals surface area contributed by atoms with Gasteiger partial charge in [-0.15, -0.1) is 0 Å². The number of methoxy groups -OCH3 is 1. The van der Waals surface area contributed by atoms with Crippen molar-refractivity contribution < 1.29 is 9.13 Å². The number of halogens is 1. The average molecular weight is 388 g/mol. The molecule has 0 atom stereocenters. The minimum atomic E-state index is -0.230. The number of hydrogen-bond acceptors (Lipinski definition) is 3. The van der Waals surface area contributed by atoms with Crippen molar-refractivity contribution in [3.8, 4) is 11.4 Å². The van der Waals surface area contributed by atoms with Crippen molar-refractivity contribution in [1.29, 1.82) is 0 Å². The molecule has 0 unspecified atom stereocenters. The molecule has 5 nitrogen and oxygen atoms in total. The zero-order chi connectivity index (χ0) is 20.2. The van der Waals surface area contributed by atoms with Crippen molar-refractivity contribution >= 4 is 12.2 Å². The van der Waals surface area contributed by atoms with Crippen LogP contribution >= 0.6 is 0 Å². The fourth-order valence-electron chi connectivity index (χ4n) is 3.11. The second-order valence-corrected chi connectivity index (χ2v) is 6.78. The van der Waals surface area contributed by atoms with Crippen LogP contribution in [-0.4, -0.2) is 26.6 Å². The Kier molecular flexibility index (Phi) is 5.24. The smallest absolute Gasteiger partial charge is 0.143 e. The van der Waals surface area contributed by atoms with Crippen molar-refractivity contribution in [1.82, 2.24) is 19.5 Å². The van der Waals surface area contributed by atoms with Crippen molar-refractivity contribution in [3.63, 3.8) is 0 Å². The number of ether oxygens (including phenoxy) is 1. The highest BCUT2D eigenvalue weighted by Crippen LogP contribution is 2.25. The van der Waals surface area contributed by atoms with Crippen LogP contribution in [0.1, 0.15) is 28.3 Å². The monoisotopic (exact) mass is 388 g/mol. The summed E-state index contributed by atoms with van der Waals surface area (Å²) in [5.74, 6) is 1.29. The van der Waals surface area contributed by atoms with Gasteiger partial charge in [-0.25, -0.2) is 14.4 Å². The van der Waals surface area contributed by atoms with Crippen LogP contribution in [-0.2, 0) is 6.42 Å². The van der Waals surface area contributed by atoms with Gasteiger partial charge in [-0.3, -0.25) is 0 Å². The third-order valence-electron chi connectivity index (χ3n) is 4.58. The highest BCUT2D eigenvalue weighted by Gasteiger charge is 2.07. The molecule has 0 saturated carbocycles. The Hall–Kier alpha value is -3.67. The van der Waals surface area contributed by atoms with Crippen LogP contribution in [0.15, 0.2) is 61.2 Å². The van der Waals surface area contributed by atoms with Gasteiger partial charge in [0.2, 0.25) is 0 Å². The van der Waals surface area contributed by atoms with Crippen molar-refractivity contribution in [2.24, 2.45) is 0 Å². The molecule has 0 saturated heterocycles. The molecule has 0 aliphatic carbocycles. The van der Waals surface area contributed by atoms with Gasteiger partial charge in [-0.1, -0.05) is 24.3 Å². The van der Waals surface area contributed by atoms with E-state index in [1.807, 2.05) is 48.0 Å². The van der Waals surface area contributed by atoms with Crippen molar-refractivity contribution in [3.05, 3.63) is 95.3 Å². The fraction of sp³-hybridized carbons (Fsp3) is 0.130. The molecule has 0 fully saturated rings. The number of aryl methyl sites for hydroxylation is 1. The lowest BCUT2D eigenvalue weighted by Gasteiger charge is -2.09.